The normalized spacial score (nSPS) is 11.1. The van der Waals surface area contributed by atoms with Crippen LogP contribution in [-0.4, -0.2) is 50.1 Å². The summed E-state index contributed by atoms with van der Waals surface area (Å²) in [4.78, 5) is 21.6. The minimum atomic E-state index is -0.137. The standard InChI is InChI=1S/C22H24ClN3O2S.ClH/c1-15-9-11-18(28-4)20-21(15)29-22(24-20)26(14-13-25(2)3)19(27)12-10-16-7-5-6-8-17(16)23;/h5-12H,13-14H2,1-4H3;1H. The molecule has 0 unspecified atom stereocenters. The number of amides is 1. The lowest BCUT2D eigenvalue weighted by atomic mass is 10.2. The third-order valence-corrected chi connectivity index (χ3v) is 6.05. The van der Waals surface area contributed by atoms with Crippen molar-refractivity contribution in [2.75, 3.05) is 39.2 Å². The number of aryl methyl sites for hydroxylation is 1. The Balaban J connectivity index is 0.00000320. The van der Waals surface area contributed by atoms with Crippen LogP contribution in [0, 0.1) is 6.92 Å². The van der Waals surface area contributed by atoms with Crippen molar-refractivity contribution in [1.82, 2.24) is 9.88 Å². The molecule has 1 heterocycles. The van der Waals surface area contributed by atoms with Gasteiger partial charge in [0.1, 0.15) is 11.3 Å². The van der Waals surface area contributed by atoms with E-state index in [1.807, 2.05) is 56.3 Å². The lowest BCUT2D eigenvalue weighted by Gasteiger charge is -2.20. The third-order valence-electron chi connectivity index (χ3n) is 4.49. The summed E-state index contributed by atoms with van der Waals surface area (Å²) in [6, 6.07) is 11.3. The van der Waals surface area contributed by atoms with Crippen molar-refractivity contribution in [3.05, 3.63) is 58.6 Å². The molecule has 0 aliphatic carbocycles. The van der Waals surface area contributed by atoms with Crippen LogP contribution in [0.5, 0.6) is 5.75 Å². The van der Waals surface area contributed by atoms with Crippen LogP contribution >= 0.6 is 35.3 Å². The molecule has 30 heavy (non-hydrogen) atoms. The summed E-state index contributed by atoms with van der Waals surface area (Å²) in [5.41, 5.74) is 2.69. The van der Waals surface area contributed by atoms with Crippen LogP contribution in [0.15, 0.2) is 42.5 Å². The number of anilines is 1. The molecule has 0 aliphatic heterocycles. The number of likely N-dealkylation sites (N-methyl/N-ethyl adjacent to an activating group) is 1. The molecule has 160 valence electrons. The highest BCUT2D eigenvalue weighted by atomic mass is 35.5. The van der Waals surface area contributed by atoms with Gasteiger partial charge >= 0.3 is 0 Å². The van der Waals surface area contributed by atoms with E-state index in [-0.39, 0.29) is 18.3 Å². The number of thiazole rings is 1. The lowest BCUT2D eigenvalue weighted by molar-refractivity contribution is -0.114. The summed E-state index contributed by atoms with van der Waals surface area (Å²) in [6.07, 6.45) is 3.29. The minimum absolute atomic E-state index is 0. The Kier molecular flexibility index (Phi) is 8.67. The number of benzene rings is 2. The first-order chi connectivity index (χ1) is 13.9. The second kappa shape index (κ2) is 10.8. The van der Waals surface area contributed by atoms with Crippen LogP contribution in [0.1, 0.15) is 11.1 Å². The molecule has 0 saturated carbocycles. The Morgan fingerprint density at radius 3 is 2.60 bits per heavy atom. The molecule has 3 rings (SSSR count). The van der Waals surface area contributed by atoms with E-state index < -0.39 is 0 Å². The number of rotatable bonds is 7. The van der Waals surface area contributed by atoms with E-state index in [1.165, 1.54) is 11.3 Å². The molecule has 5 nitrogen and oxygen atoms in total. The quantitative estimate of drug-likeness (QED) is 0.444. The molecule has 0 fully saturated rings. The van der Waals surface area contributed by atoms with Crippen LogP contribution in [-0.2, 0) is 4.79 Å². The van der Waals surface area contributed by atoms with Crippen molar-refractivity contribution in [3.63, 3.8) is 0 Å². The topological polar surface area (TPSA) is 45.7 Å². The zero-order valence-corrected chi connectivity index (χ0v) is 19.8. The predicted molar refractivity (Wildman–Crippen MR) is 130 cm³/mol. The smallest absolute Gasteiger partial charge is 0.252 e. The van der Waals surface area contributed by atoms with Crippen LogP contribution in [0.2, 0.25) is 5.02 Å². The van der Waals surface area contributed by atoms with Gasteiger partial charge in [0.2, 0.25) is 0 Å². The number of fused-ring (bicyclic) bond motifs is 1. The van der Waals surface area contributed by atoms with Crippen LogP contribution in [0.3, 0.4) is 0 Å². The van der Waals surface area contributed by atoms with E-state index >= 15 is 0 Å². The summed E-state index contributed by atoms with van der Waals surface area (Å²) in [5.74, 6) is 0.571. The van der Waals surface area contributed by atoms with E-state index in [2.05, 4.69) is 0 Å². The van der Waals surface area contributed by atoms with Crippen LogP contribution < -0.4 is 9.64 Å². The summed E-state index contributed by atoms with van der Waals surface area (Å²) < 4.78 is 6.48. The Morgan fingerprint density at radius 1 is 1.20 bits per heavy atom. The van der Waals surface area contributed by atoms with Crippen molar-refractivity contribution in [3.8, 4) is 5.75 Å². The second-order valence-electron chi connectivity index (χ2n) is 6.91. The maximum absolute atomic E-state index is 13.1. The summed E-state index contributed by atoms with van der Waals surface area (Å²) in [5, 5.41) is 1.26. The van der Waals surface area contributed by atoms with E-state index in [9.17, 15) is 4.79 Å². The van der Waals surface area contributed by atoms with Gasteiger partial charge in [-0.15, -0.1) is 12.4 Å². The van der Waals surface area contributed by atoms with Gasteiger partial charge in [-0.25, -0.2) is 4.98 Å². The van der Waals surface area contributed by atoms with Gasteiger partial charge in [0.05, 0.1) is 11.8 Å². The Hall–Kier alpha value is -2.12. The van der Waals surface area contributed by atoms with E-state index in [4.69, 9.17) is 21.3 Å². The van der Waals surface area contributed by atoms with E-state index in [0.717, 1.165) is 27.9 Å². The monoisotopic (exact) mass is 465 g/mol. The van der Waals surface area contributed by atoms with Crippen molar-refractivity contribution < 1.29 is 9.53 Å². The molecule has 0 N–H and O–H groups in total. The fraction of sp³-hybridized carbons (Fsp3) is 0.273. The number of methoxy groups -OCH3 is 1. The molecule has 0 radical (unpaired) electrons. The average Bonchev–Trinajstić information content (AvgIpc) is 3.13. The third kappa shape index (κ3) is 5.52. The van der Waals surface area contributed by atoms with Gasteiger partial charge in [0, 0.05) is 24.2 Å². The predicted octanol–water partition coefficient (Wildman–Crippen LogP) is 5.30. The van der Waals surface area contributed by atoms with Gasteiger partial charge < -0.3 is 9.64 Å². The lowest BCUT2D eigenvalue weighted by Crippen LogP contribution is -2.35. The number of ether oxygens (including phenoxy) is 1. The number of hydrogen-bond donors (Lipinski definition) is 0. The van der Waals surface area contributed by atoms with E-state index in [1.54, 1.807) is 30.2 Å². The number of carbonyl (C=O) groups excluding carboxylic acids is 1. The molecule has 2 aromatic carbocycles. The van der Waals surface area contributed by atoms with Crippen LogP contribution in [0.4, 0.5) is 5.13 Å². The van der Waals surface area contributed by atoms with Crippen LogP contribution in [0.25, 0.3) is 16.3 Å². The maximum atomic E-state index is 13.1. The van der Waals surface area contributed by atoms with E-state index in [0.29, 0.717) is 22.4 Å². The first-order valence-electron chi connectivity index (χ1n) is 9.23. The minimum Gasteiger partial charge on any atom is -0.494 e. The zero-order valence-electron chi connectivity index (χ0n) is 17.4. The van der Waals surface area contributed by atoms with Crippen molar-refractivity contribution >= 4 is 62.7 Å². The van der Waals surface area contributed by atoms with Gasteiger partial charge in [-0.1, -0.05) is 47.2 Å². The molecule has 0 atom stereocenters. The molecule has 0 bridgehead atoms. The van der Waals surface area contributed by atoms with Gasteiger partial charge in [-0.2, -0.15) is 0 Å². The highest BCUT2D eigenvalue weighted by Crippen LogP contribution is 2.36. The molecular weight excluding hydrogens is 441 g/mol. The summed E-state index contributed by atoms with van der Waals surface area (Å²) in [6.45, 7) is 3.28. The Morgan fingerprint density at radius 2 is 1.93 bits per heavy atom. The molecule has 0 spiro atoms. The Bertz CT molecular complexity index is 1050. The summed E-state index contributed by atoms with van der Waals surface area (Å²) in [7, 11) is 5.59. The number of nitrogens with zero attached hydrogens (tertiary/aromatic N) is 3. The van der Waals surface area contributed by atoms with Gasteiger partial charge in [0.25, 0.3) is 5.91 Å². The zero-order chi connectivity index (χ0) is 21.0. The van der Waals surface area contributed by atoms with Crippen molar-refractivity contribution in [1.29, 1.82) is 0 Å². The molecule has 0 saturated heterocycles. The largest absolute Gasteiger partial charge is 0.494 e. The second-order valence-corrected chi connectivity index (χ2v) is 8.29. The number of hydrogen-bond acceptors (Lipinski definition) is 5. The first-order valence-corrected chi connectivity index (χ1v) is 10.4. The molecule has 1 amide bonds. The maximum Gasteiger partial charge on any atom is 0.252 e. The fourth-order valence-electron chi connectivity index (χ4n) is 2.84. The van der Waals surface area contributed by atoms with Crippen molar-refractivity contribution in [2.45, 2.75) is 6.92 Å². The molecule has 3 aromatic rings. The number of halogens is 2. The Labute approximate surface area is 192 Å². The molecular formula is C22H25Cl2N3O2S. The highest BCUT2D eigenvalue weighted by molar-refractivity contribution is 7.22. The molecule has 0 aliphatic rings. The van der Waals surface area contributed by atoms with Gasteiger partial charge in [-0.3, -0.25) is 9.69 Å². The van der Waals surface area contributed by atoms with Gasteiger partial charge in [0.15, 0.2) is 5.13 Å². The number of aromatic nitrogens is 1. The molecule has 1 aromatic heterocycles. The van der Waals surface area contributed by atoms with Gasteiger partial charge in [-0.05, 0) is 50.4 Å². The molecule has 8 heteroatoms. The fourth-order valence-corrected chi connectivity index (χ4v) is 4.12. The number of carbonyl (C=O) groups is 1. The average molecular weight is 466 g/mol. The van der Waals surface area contributed by atoms with Crippen molar-refractivity contribution in [2.24, 2.45) is 0 Å². The summed E-state index contributed by atoms with van der Waals surface area (Å²) >= 11 is 7.71. The SMILES string of the molecule is COc1ccc(C)c2sc(N(CCN(C)C)C(=O)C=Cc3ccccc3Cl)nc12.Cl. The first kappa shape index (κ1) is 24.2. The highest BCUT2D eigenvalue weighted by Gasteiger charge is 2.20.